The van der Waals surface area contributed by atoms with Gasteiger partial charge in [-0.3, -0.25) is 0 Å². The topological polar surface area (TPSA) is 49.4 Å². The first-order valence-electron chi connectivity index (χ1n) is 7.29. The summed E-state index contributed by atoms with van der Waals surface area (Å²) >= 11 is 5.56. The van der Waals surface area contributed by atoms with Gasteiger partial charge in [-0.2, -0.15) is 13.2 Å². The van der Waals surface area contributed by atoms with Crippen molar-refractivity contribution in [2.75, 3.05) is 26.2 Å². The van der Waals surface area contributed by atoms with Crippen LogP contribution in [0.5, 0.6) is 0 Å². The summed E-state index contributed by atoms with van der Waals surface area (Å²) in [5, 5.41) is -0.162. The first-order valence-corrected chi connectivity index (χ1v) is 9.15. The van der Waals surface area contributed by atoms with E-state index in [1.807, 2.05) is 0 Å². The van der Waals surface area contributed by atoms with Crippen molar-refractivity contribution in [2.45, 2.75) is 30.3 Å². The standard InChI is InChI=1S/C14H18ClF3N2O2S/c15-11-4-5-13(12(10-11)14(16,17)18)23(21,22)19-6-9-20-7-2-1-3-8-20/h4-5,10,19H,1-3,6-9H2. The number of nitrogens with one attached hydrogen (secondary N) is 1. The van der Waals surface area contributed by atoms with Crippen molar-refractivity contribution in [2.24, 2.45) is 0 Å². The zero-order chi connectivity index (χ0) is 17.1. The van der Waals surface area contributed by atoms with Crippen LogP contribution in [0.4, 0.5) is 13.2 Å². The zero-order valence-corrected chi connectivity index (χ0v) is 13.9. The minimum Gasteiger partial charge on any atom is -0.302 e. The molecule has 1 heterocycles. The van der Waals surface area contributed by atoms with Gasteiger partial charge in [-0.05, 0) is 44.1 Å². The van der Waals surface area contributed by atoms with Crippen molar-refractivity contribution in [1.82, 2.24) is 9.62 Å². The molecule has 0 aliphatic carbocycles. The average Bonchev–Trinajstić information content (AvgIpc) is 2.47. The maximum atomic E-state index is 13.0. The lowest BCUT2D eigenvalue weighted by molar-refractivity contribution is -0.139. The number of likely N-dealkylation sites (tertiary alicyclic amines) is 1. The third kappa shape index (κ3) is 5.07. The van der Waals surface area contributed by atoms with Crippen LogP contribution in [0.15, 0.2) is 23.1 Å². The van der Waals surface area contributed by atoms with E-state index < -0.39 is 26.7 Å². The van der Waals surface area contributed by atoms with Crippen LogP contribution >= 0.6 is 11.6 Å². The predicted octanol–water partition coefficient (Wildman–Crippen LogP) is 3.12. The monoisotopic (exact) mass is 370 g/mol. The van der Waals surface area contributed by atoms with Crippen LogP contribution in [0, 0.1) is 0 Å². The molecule has 0 unspecified atom stereocenters. The van der Waals surface area contributed by atoms with E-state index in [1.165, 1.54) is 0 Å². The summed E-state index contributed by atoms with van der Waals surface area (Å²) in [6.07, 6.45) is -1.52. The van der Waals surface area contributed by atoms with E-state index in [0.717, 1.165) is 44.5 Å². The van der Waals surface area contributed by atoms with Crippen LogP contribution < -0.4 is 4.72 Å². The fraction of sp³-hybridized carbons (Fsp3) is 0.571. The summed E-state index contributed by atoms with van der Waals surface area (Å²) in [5.41, 5.74) is -1.25. The first kappa shape index (κ1) is 18.5. The van der Waals surface area contributed by atoms with Crippen LogP contribution in [0.1, 0.15) is 24.8 Å². The molecule has 1 aliphatic heterocycles. The van der Waals surface area contributed by atoms with E-state index >= 15 is 0 Å². The maximum absolute atomic E-state index is 13.0. The molecule has 1 aromatic rings. The predicted molar refractivity (Wildman–Crippen MR) is 81.9 cm³/mol. The number of hydrogen-bond donors (Lipinski definition) is 1. The molecular formula is C14H18ClF3N2O2S. The summed E-state index contributed by atoms with van der Waals surface area (Å²) < 4.78 is 65.6. The summed E-state index contributed by atoms with van der Waals surface area (Å²) in [6, 6.07) is 2.64. The molecule has 0 atom stereocenters. The Balaban J connectivity index is 2.10. The Labute approximate surface area is 138 Å². The highest BCUT2D eigenvalue weighted by Gasteiger charge is 2.37. The van der Waals surface area contributed by atoms with Gasteiger partial charge in [0.05, 0.1) is 10.5 Å². The van der Waals surface area contributed by atoms with Crippen LogP contribution in [0.3, 0.4) is 0 Å². The van der Waals surface area contributed by atoms with Gasteiger partial charge in [-0.25, -0.2) is 13.1 Å². The Hall–Kier alpha value is -0.830. The molecule has 130 valence electrons. The summed E-state index contributed by atoms with van der Waals surface area (Å²) in [7, 11) is -4.25. The van der Waals surface area contributed by atoms with Crippen LogP contribution in [0.2, 0.25) is 5.02 Å². The molecule has 0 radical (unpaired) electrons. The first-order chi connectivity index (χ1) is 10.7. The van der Waals surface area contributed by atoms with Crippen molar-refractivity contribution in [3.8, 4) is 0 Å². The molecule has 1 N–H and O–H groups in total. The third-order valence-corrected chi connectivity index (χ3v) is 5.46. The minimum atomic E-state index is -4.79. The van der Waals surface area contributed by atoms with Crippen molar-refractivity contribution in [3.05, 3.63) is 28.8 Å². The number of rotatable bonds is 5. The lowest BCUT2D eigenvalue weighted by atomic mass is 10.1. The Morgan fingerprint density at radius 2 is 1.83 bits per heavy atom. The second-order valence-electron chi connectivity index (χ2n) is 5.44. The fourth-order valence-corrected chi connectivity index (χ4v) is 3.96. The number of hydrogen-bond acceptors (Lipinski definition) is 3. The lowest BCUT2D eigenvalue weighted by Gasteiger charge is -2.26. The van der Waals surface area contributed by atoms with Crippen molar-refractivity contribution in [3.63, 3.8) is 0 Å². The number of benzene rings is 1. The number of sulfonamides is 1. The van der Waals surface area contributed by atoms with Gasteiger partial charge in [0, 0.05) is 18.1 Å². The van der Waals surface area contributed by atoms with E-state index in [1.54, 1.807) is 0 Å². The SMILES string of the molecule is O=S(=O)(NCCN1CCCCC1)c1ccc(Cl)cc1C(F)(F)F. The maximum Gasteiger partial charge on any atom is 0.417 e. The van der Waals surface area contributed by atoms with Gasteiger partial charge in [0.2, 0.25) is 10.0 Å². The average molecular weight is 371 g/mol. The molecule has 0 spiro atoms. The molecule has 0 amide bonds. The van der Waals surface area contributed by atoms with Crippen LogP contribution in [-0.2, 0) is 16.2 Å². The molecule has 1 fully saturated rings. The number of piperidine rings is 1. The molecular weight excluding hydrogens is 353 g/mol. The number of alkyl halides is 3. The van der Waals surface area contributed by atoms with E-state index in [4.69, 9.17) is 11.6 Å². The molecule has 1 saturated heterocycles. The molecule has 9 heteroatoms. The van der Waals surface area contributed by atoms with Gasteiger partial charge >= 0.3 is 6.18 Å². The zero-order valence-electron chi connectivity index (χ0n) is 12.4. The highest BCUT2D eigenvalue weighted by molar-refractivity contribution is 7.89. The van der Waals surface area contributed by atoms with E-state index in [9.17, 15) is 21.6 Å². The lowest BCUT2D eigenvalue weighted by Crippen LogP contribution is -2.38. The molecule has 0 saturated carbocycles. The second kappa shape index (κ2) is 7.38. The highest BCUT2D eigenvalue weighted by Crippen LogP contribution is 2.35. The Morgan fingerprint density at radius 3 is 2.43 bits per heavy atom. The van der Waals surface area contributed by atoms with Gasteiger partial charge < -0.3 is 4.90 Å². The van der Waals surface area contributed by atoms with Gasteiger partial charge in [0.1, 0.15) is 0 Å². The van der Waals surface area contributed by atoms with E-state index in [-0.39, 0.29) is 11.6 Å². The summed E-state index contributed by atoms with van der Waals surface area (Å²) in [4.78, 5) is 1.30. The Morgan fingerprint density at radius 1 is 1.17 bits per heavy atom. The number of nitrogens with zero attached hydrogens (tertiary/aromatic N) is 1. The molecule has 1 aliphatic rings. The summed E-state index contributed by atoms with van der Waals surface area (Å²) in [5.74, 6) is 0. The molecule has 0 bridgehead atoms. The third-order valence-electron chi connectivity index (χ3n) is 3.71. The molecule has 4 nitrogen and oxygen atoms in total. The molecule has 1 aromatic carbocycles. The minimum absolute atomic E-state index is 0.0717. The number of halogens is 4. The molecule has 2 rings (SSSR count). The molecule has 0 aromatic heterocycles. The fourth-order valence-electron chi connectivity index (χ4n) is 2.56. The van der Waals surface area contributed by atoms with Crippen molar-refractivity contribution in [1.29, 1.82) is 0 Å². The Bertz CT molecular complexity index is 644. The largest absolute Gasteiger partial charge is 0.417 e. The van der Waals surface area contributed by atoms with Crippen molar-refractivity contribution < 1.29 is 21.6 Å². The molecule has 23 heavy (non-hydrogen) atoms. The van der Waals surface area contributed by atoms with Gasteiger partial charge in [0.15, 0.2) is 0 Å². The van der Waals surface area contributed by atoms with E-state index in [0.29, 0.717) is 12.6 Å². The normalized spacial score (nSPS) is 17.4. The van der Waals surface area contributed by atoms with Crippen molar-refractivity contribution >= 4 is 21.6 Å². The van der Waals surface area contributed by atoms with Crippen LogP contribution in [-0.4, -0.2) is 39.5 Å². The quantitative estimate of drug-likeness (QED) is 0.866. The smallest absolute Gasteiger partial charge is 0.302 e. The Kier molecular flexibility index (Phi) is 5.94. The highest BCUT2D eigenvalue weighted by atomic mass is 35.5. The van der Waals surface area contributed by atoms with Gasteiger partial charge in [0.25, 0.3) is 0 Å². The summed E-state index contributed by atoms with van der Waals surface area (Å²) in [6.45, 7) is 2.32. The van der Waals surface area contributed by atoms with E-state index in [2.05, 4.69) is 9.62 Å². The second-order valence-corrected chi connectivity index (χ2v) is 7.61. The van der Waals surface area contributed by atoms with Gasteiger partial charge in [-0.15, -0.1) is 0 Å². The van der Waals surface area contributed by atoms with Crippen LogP contribution in [0.25, 0.3) is 0 Å². The van der Waals surface area contributed by atoms with Gasteiger partial charge in [-0.1, -0.05) is 18.0 Å².